The summed E-state index contributed by atoms with van der Waals surface area (Å²) in [6.45, 7) is 5.28. The van der Waals surface area contributed by atoms with E-state index in [0.29, 0.717) is 12.4 Å². The van der Waals surface area contributed by atoms with E-state index in [2.05, 4.69) is 6.92 Å². The molecule has 5 heteroatoms. The lowest BCUT2D eigenvalue weighted by molar-refractivity contribution is -0.134. The van der Waals surface area contributed by atoms with Crippen molar-refractivity contribution in [3.8, 4) is 17.2 Å². The third-order valence-corrected chi connectivity index (χ3v) is 2.44. The van der Waals surface area contributed by atoms with Gasteiger partial charge in [0.25, 0.3) is 0 Å². The first-order valence-electron chi connectivity index (χ1n) is 6.66. The van der Waals surface area contributed by atoms with Gasteiger partial charge < -0.3 is 14.2 Å². The molecule has 0 unspecified atom stereocenters. The molecule has 0 fully saturated rings. The Hall–Kier alpha value is -2.04. The van der Waals surface area contributed by atoms with Crippen LogP contribution in [0.3, 0.4) is 0 Å². The van der Waals surface area contributed by atoms with Gasteiger partial charge in [0.05, 0.1) is 6.61 Å². The van der Waals surface area contributed by atoms with Gasteiger partial charge in [-0.25, -0.2) is 0 Å². The lowest BCUT2D eigenvalue weighted by Gasteiger charge is -2.11. The van der Waals surface area contributed by atoms with Gasteiger partial charge in [0.15, 0.2) is 11.5 Å². The number of ether oxygens (including phenoxy) is 3. The molecule has 0 heterocycles. The summed E-state index contributed by atoms with van der Waals surface area (Å²) >= 11 is 0. The quantitative estimate of drug-likeness (QED) is 0.436. The summed E-state index contributed by atoms with van der Waals surface area (Å²) in [5, 5.41) is 0. The van der Waals surface area contributed by atoms with Gasteiger partial charge in [-0.05, 0) is 18.6 Å². The van der Waals surface area contributed by atoms with Gasteiger partial charge in [-0.15, -0.1) is 0 Å². The molecule has 0 amide bonds. The Balaban J connectivity index is 2.78. The van der Waals surface area contributed by atoms with Crippen LogP contribution < -0.4 is 14.2 Å². The van der Waals surface area contributed by atoms with Crippen molar-refractivity contribution in [3.63, 3.8) is 0 Å². The number of unbranched alkanes of at least 4 members (excludes halogenated alkanes) is 2. The molecule has 0 saturated carbocycles. The average Bonchev–Trinajstić information content (AvgIpc) is 2.36. The van der Waals surface area contributed by atoms with Crippen LogP contribution in [0, 0.1) is 0 Å². The van der Waals surface area contributed by atoms with Crippen LogP contribution in [0.1, 0.15) is 40.0 Å². The SMILES string of the molecule is CCCCCOc1ccc(OC(C)=O)c(OC(C)=O)c1. The molecule has 0 aliphatic rings. The number of hydrogen-bond donors (Lipinski definition) is 0. The number of hydrogen-bond acceptors (Lipinski definition) is 5. The van der Waals surface area contributed by atoms with E-state index < -0.39 is 11.9 Å². The molecule has 0 saturated heterocycles. The molecular formula is C15H20O5. The molecule has 0 aliphatic heterocycles. The fraction of sp³-hybridized carbons (Fsp3) is 0.467. The first kappa shape index (κ1) is 16.0. The Kier molecular flexibility index (Phi) is 6.56. The molecular weight excluding hydrogens is 260 g/mol. The van der Waals surface area contributed by atoms with E-state index >= 15 is 0 Å². The maximum Gasteiger partial charge on any atom is 0.308 e. The Morgan fingerprint density at radius 1 is 1.00 bits per heavy atom. The van der Waals surface area contributed by atoms with Gasteiger partial charge in [-0.2, -0.15) is 0 Å². The van der Waals surface area contributed by atoms with Gasteiger partial charge in [0, 0.05) is 19.9 Å². The molecule has 0 aromatic heterocycles. The van der Waals surface area contributed by atoms with Crippen LogP contribution in [0.15, 0.2) is 18.2 Å². The highest BCUT2D eigenvalue weighted by molar-refractivity contribution is 5.73. The summed E-state index contributed by atoms with van der Waals surface area (Å²) in [6.07, 6.45) is 3.18. The fourth-order valence-corrected chi connectivity index (χ4v) is 1.59. The summed E-state index contributed by atoms with van der Waals surface area (Å²) in [4.78, 5) is 22.0. The monoisotopic (exact) mass is 280 g/mol. The molecule has 0 atom stereocenters. The highest BCUT2D eigenvalue weighted by Crippen LogP contribution is 2.32. The van der Waals surface area contributed by atoms with Gasteiger partial charge >= 0.3 is 11.9 Å². The zero-order valence-electron chi connectivity index (χ0n) is 12.1. The molecule has 1 aromatic rings. The highest BCUT2D eigenvalue weighted by atomic mass is 16.6. The first-order valence-corrected chi connectivity index (χ1v) is 6.66. The number of benzene rings is 1. The lowest BCUT2D eigenvalue weighted by atomic mass is 10.2. The molecule has 0 radical (unpaired) electrons. The predicted molar refractivity (Wildman–Crippen MR) is 74.1 cm³/mol. The maximum atomic E-state index is 11.1. The van der Waals surface area contributed by atoms with E-state index in [9.17, 15) is 9.59 Å². The average molecular weight is 280 g/mol. The molecule has 110 valence electrons. The third-order valence-electron chi connectivity index (χ3n) is 2.44. The van der Waals surface area contributed by atoms with Crippen molar-refractivity contribution in [1.29, 1.82) is 0 Å². The number of carbonyl (C=O) groups excluding carboxylic acids is 2. The van der Waals surface area contributed by atoms with E-state index in [0.717, 1.165) is 19.3 Å². The van der Waals surface area contributed by atoms with E-state index in [1.54, 1.807) is 18.2 Å². The number of carbonyl (C=O) groups is 2. The molecule has 1 rings (SSSR count). The van der Waals surface area contributed by atoms with E-state index in [1.165, 1.54) is 13.8 Å². The second-order valence-electron chi connectivity index (χ2n) is 4.35. The molecule has 1 aromatic carbocycles. The van der Waals surface area contributed by atoms with Crippen molar-refractivity contribution < 1.29 is 23.8 Å². The van der Waals surface area contributed by atoms with Crippen LogP contribution in [0.5, 0.6) is 17.2 Å². The summed E-state index contributed by atoms with van der Waals surface area (Å²) < 4.78 is 15.5. The Morgan fingerprint density at radius 2 is 1.65 bits per heavy atom. The molecule has 5 nitrogen and oxygen atoms in total. The predicted octanol–water partition coefficient (Wildman–Crippen LogP) is 3.11. The summed E-state index contributed by atoms with van der Waals surface area (Å²) in [7, 11) is 0. The van der Waals surface area contributed by atoms with Gasteiger partial charge in [0.1, 0.15) is 5.75 Å². The van der Waals surface area contributed by atoms with Crippen LogP contribution in [-0.2, 0) is 9.59 Å². The van der Waals surface area contributed by atoms with Crippen molar-refractivity contribution in [1.82, 2.24) is 0 Å². The smallest absolute Gasteiger partial charge is 0.308 e. The zero-order valence-corrected chi connectivity index (χ0v) is 12.1. The topological polar surface area (TPSA) is 61.8 Å². The van der Waals surface area contributed by atoms with Crippen molar-refractivity contribution in [2.45, 2.75) is 40.0 Å². The fourth-order valence-electron chi connectivity index (χ4n) is 1.59. The minimum Gasteiger partial charge on any atom is -0.493 e. The largest absolute Gasteiger partial charge is 0.493 e. The molecule has 0 aliphatic carbocycles. The number of esters is 2. The summed E-state index contributed by atoms with van der Waals surface area (Å²) in [5.41, 5.74) is 0. The van der Waals surface area contributed by atoms with E-state index in [4.69, 9.17) is 14.2 Å². The molecule has 0 N–H and O–H groups in total. The Morgan fingerprint density at radius 3 is 2.25 bits per heavy atom. The summed E-state index contributed by atoms with van der Waals surface area (Å²) in [6, 6.07) is 4.78. The highest BCUT2D eigenvalue weighted by Gasteiger charge is 2.11. The Bertz CT molecular complexity index is 467. The second-order valence-corrected chi connectivity index (χ2v) is 4.35. The van der Waals surface area contributed by atoms with Crippen LogP contribution in [0.4, 0.5) is 0 Å². The van der Waals surface area contributed by atoms with Gasteiger partial charge in [0.2, 0.25) is 0 Å². The van der Waals surface area contributed by atoms with E-state index in [-0.39, 0.29) is 11.5 Å². The minimum atomic E-state index is -0.485. The number of rotatable bonds is 7. The normalized spacial score (nSPS) is 9.95. The molecule has 0 spiro atoms. The van der Waals surface area contributed by atoms with Crippen LogP contribution in [0.25, 0.3) is 0 Å². The van der Waals surface area contributed by atoms with E-state index in [1.807, 2.05) is 0 Å². The molecule has 0 bridgehead atoms. The standard InChI is InChI=1S/C15H20O5/c1-4-5-6-9-18-13-7-8-14(19-11(2)16)15(10-13)20-12(3)17/h7-8,10H,4-6,9H2,1-3H3. The van der Waals surface area contributed by atoms with Crippen molar-refractivity contribution >= 4 is 11.9 Å². The first-order chi connectivity index (χ1) is 9.52. The molecule has 20 heavy (non-hydrogen) atoms. The third kappa shape index (κ3) is 5.73. The second kappa shape index (κ2) is 8.19. The van der Waals surface area contributed by atoms with Crippen LogP contribution >= 0.6 is 0 Å². The van der Waals surface area contributed by atoms with Crippen molar-refractivity contribution in [3.05, 3.63) is 18.2 Å². The van der Waals surface area contributed by atoms with Gasteiger partial charge in [-0.1, -0.05) is 19.8 Å². The maximum absolute atomic E-state index is 11.1. The van der Waals surface area contributed by atoms with Crippen LogP contribution in [-0.4, -0.2) is 18.5 Å². The lowest BCUT2D eigenvalue weighted by Crippen LogP contribution is -2.07. The van der Waals surface area contributed by atoms with Crippen molar-refractivity contribution in [2.24, 2.45) is 0 Å². The zero-order chi connectivity index (χ0) is 15.0. The summed E-state index contributed by atoms with van der Waals surface area (Å²) in [5.74, 6) is -0.000828. The van der Waals surface area contributed by atoms with Gasteiger partial charge in [-0.3, -0.25) is 9.59 Å². The van der Waals surface area contributed by atoms with Crippen LogP contribution in [0.2, 0.25) is 0 Å². The van der Waals surface area contributed by atoms with Crippen molar-refractivity contribution in [2.75, 3.05) is 6.61 Å². The Labute approximate surface area is 118 Å². The minimum absolute atomic E-state index is 0.181.